The van der Waals surface area contributed by atoms with E-state index in [2.05, 4.69) is 25.8 Å². The quantitative estimate of drug-likeness (QED) is 0.518. The molecular weight excluding hydrogens is 508 g/mol. The number of rotatable bonds is 5. The molecule has 3 fully saturated rings. The monoisotopic (exact) mass is 548 g/mol. The van der Waals surface area contributed by atoms with Crippen LogP contribution in [0.25, 0.3) is 0 Å². The molecule has 2 heterocycles. The first-order valence-corrected chi connectivity index (χ1v) is 14.6. The molecule has 0 aliphatic heterocycles. The number of amides is 1. The molecule has 4 aliphatic rings. The Labute approximate surface area is 235 Å². The van der Waals surface area contributed by atoms with Crippen LogP contribution < -0.4 is 0 Å². The summed E-state index contributed by atoms with van der Waals surface area (Å²) in [5, 5.41) is 33.5. The van der Waals surface area contributed by atoms with Crippen LogP contribution in [0.3, 0.4) is 0 Å². The summed E-state index contributed by atoms with van der Waals surface area (Å²) in [5.74, 6) is -0.401. The maximum atomic E-state index is 13.7. The van der Waals surface area contributed by atoms with E-state index < -0.39 is 28.6 Å². The highest BCUT2D eigenvalue weighted by molar-refractivity contribution is 5.95. The molecule has 2 aromatic rings. The topological polar surface area (TPSA) is 124 Å². The Morgan fingerprint density at radius 1 is 1.15 bits per heavy atom. The number of hydrogen-bond donors (Lipinski definition) is 3. The molecule has 0 saturated heterocycles. The highest BCUT2D eigenvalue weighted by Crippen LogP contribution is 2.67. The van der Waals surface area contributed by atoms with Gasteiger partial charge in [-0.15, -0.1) is 0 Å². The zero-order valence-corrected chi connectivity index (χ0v) is 23.5. The number of furan rings is 1. The summed E-state index contributed by atoms with van der Waals surface area (Å²) in [5.41, 5.74) is -0.551. The molecule has 214 valence electrons. The van der Waals surface area contributed by atoms with Crippen LogP contribution in [0, 0.1) is 28.6 Å². The molecule has 2 aromatic heterocycles. The van der Waals surface area contributed by atoms with Crippen molar-refractivity contribution in [2.24, 2.45) is 28.6 Å². The second-order valence-corrected chi connectivity index (χ2v) is 13.2. The van der Waals surface area contributed by atoms with E-state index in [1.165, 1.54) is 6.26 Å². The fourth-order valence-electron chi connectivity index (χ4n) is 9.03. The largest absolute Gasteiger partial charge is 0.459 e. The predicted octanol–water partition coefficient (Wildman–Crippen LogP) is 3.91. The fraction of sp³-hybridized carbons (Fsp3) is 0.594. The van der Waals surface area contributed by atoms with E-state index in [4.69, 9.17) is 4.42 Å². The third kappa shape index (κ3) is 3.94. The smallest absolute Gasteiger partial charge is 0.290 e. The molecule has 4 aliphatic carbocycles. The zero-order chi connectivity index (χ0) is 28.4. The number of ketones is 1. The van der Waals surface area contributed by atoms with Crippen LogP contribution in [-0.2, 0) is 11.3 Å². The first-order valence-electron chi connectivity index (χ1n) is 14.6. The first-order chi connectivity index (χ1) is 19.0. The Balaban J connectivity index is 1.34. The van der Waals surface area contributed by atoms with Crippen LogP contribution in [0.15, 0.2) is 59.0 Å². The van der Waals surface area contributed by atoms with Crippen molar-refractivity contribution in [1.29, 1.82) is 0 Å². The van der Waals surface area contributed by atoms with Crippen LogP contribution in [0.2, 0.25) is 0 Å². The van der Waals surface area contributed by atoms with Crippen LogP contribution >= 0.6 is 0 Å². The van der Waals surface area contributed by atoms with Gasteiger partial charge >= 0.3 is 0 Å². The van der Waals surface area contributed by atoms with Gasteiger partial charge in [0.05, 0.1) is 24.1 Å². The molecule has 0 bridgehead atoms. The average Bonchev–Trinajstić information content (AvgIpc) is 3.56. The minimum absolute atomic E-state index is 0.0191. The maximum Gasteiger partial charge on any atom is 0.290 e. The second-order valence-electron chi connectivity index (χ2n) is 13.2. The third-order valence-electron chi connectivity index (χ3n) is 11.3. The normalized spacial score (nSPS) is 39.5. The summed E-state index contributed by atoms with van der Waals surface area (Å²) in [4.78, 5) is 33.3. The van der Waals surface area contributed by atoms with Crippen LogP contribution in [0.1, 0.15) is 75.4 Å². The highest BCUT2D eigenvalue weighted by atomic mass is 16.3. The summed E-state index contributed by atoms with van der Waals surface area (Å²) < 4.78 is 5.50. The summed E-state index contributed by atoms with van der Waals surface area (Å²) in [6, 6.07) is 6.97. The second kappa shape index (κ2) is 9.64. The molecule has 1 amide bonds. The Morgan fingerprint density at radius 2 is 1.95 bits per heavy atom. The Morgan fingerprint density at radius 3 is 2.65 bits per heavy atom. The molecule has 8 nitrogen and oxygen atoms in total. The average molecular weight is 549 g/mol. The third-order valence-corrected chi connectivity index (χ3v) is 11.3. The summed E-state index contributed by atoms with van der Waals surface area (Å²) >= 11 is 0. The number of carbonyl (C=O) groups excluding carboxylic acids is 2. The van der Waals surface area contributed by atoms with E-state index in [1.807, 2.05) is 17.0 Å². The van der Waals surface area contributed by atoms with E-state index >= 15 is 0 Å². The van der Waals surface area contributed by atoms with Crippen molar-refractivity contribution in [2.75, 3.05) is 0 Å². The van der Waals surface area contributed by atoms with Crippen molar-refractivity contribution in [3.05, 3.63) is 65.9 Å². The highest BCUT2D eigenvalue weighted by Gasteiger charge is 2.67. The molecule has 0 aromatic carbocycles. The first kappa shape index (κ1) is 27.4. The van der Waals surface area contributed by atoms with Crippen LogP contribution in [0.4, 0.5) is 0 Å². The number of nitrogens with zero attached hydrogens (tertiary/aromatic N) is 2. The molecule has 9 atom stereocenters. The Hall–Kier alpha value is -2.81. The minimum Gasteiger partial charge on any atom is -0.459 e. The number of pyridine rings is 1. The van der Waals surface area contributed by atoms with Crippen molar-refractivity contribution < 1.29 is 29.3 Å². The van der Waals surface area contributed by atoms with Gasteiger partial charge in [0, 0.05) is 36.3 Å². The molecule has 0 radical (unpaired) electrons. The maximum absolute atomic E-state index is 13.7. The SMILES string of the molecule is CC(C1CC[C@@]2(O)C3=CC(=O)C4C[C@@H](O)C(O)CC4(C)C3CCC12C)N(Cc1cccnc1)C(=O)c1ccco1. The van der Waals surface area contributed by atoms with Gasteiger partial charge in [0.2, 0.25) is 0 Å². The van der Waals surface area contributed by atoms with Crippen molar-refractivity contribution >= 4 is 11.7 Å². The molecule has 8 heteroatoms. The van der Waals surface area contributed by atoms with Gasteiger partial charge in [-0.2, -0.15) is 0 Å². The zero-order valence-electron chi connectivity index (χ0n) is 23.5. The lowest BCUT2D eigenvalue weighted by molar-refractivity contribution is -0.153. The lowest BCUT2D eigenvalue weighted by Crippen LogP contribution is -2.61. The van der Waals surface area contributed by atoms with Gasteiger partial charge < -0.3 is 24.6 Å². The molecular formula is C32H40N2O6. The number of aliphatic hydroxyl groups is 3. The Bertz CT molecular complexity index is 1310. The van der Waals surface area contributed by atoms with E-state index in [0.717, 1.165) is 24.0 Å². The van der Waals surface area contributed by atoms with Crippen molar-refractivity contribution in [3.8, 4) is 0 Å². The number of aromatic nitrogens is 1. The summed E-state index contributed by atoms with van der Waals surface area (Å²) in [6.07, 6.45) is 8.21. The summed E-state index contributed by atoms with van der Waals surface area (Å²) in [7, 11) is 0. The number of allylic oxidation sites excluding steroid dienone is 1. The van der Waals surface area contributed by atoms with Gasteiger partial charge in [-0.3, -0.25) is 14.6 Å². The number of fused-ring (bicyclic) bond motifs is 5. The lowest BCUT2D eigenvalue weighted by atomic mass is 9.46. The fourth-order valence-corrected chi connectivity index (χ4v) is 9.03. The number of hydrogen-bond acceptors (Lipinski definition) is 7. The predicted molar refractivity (Wildman–Crippen MR) is 147 cm³/mol. The van der Waals surface area contributed by atoms with E-state index in [0.29, 0.717) is 25.8 Å². The van der Waals surface area contributed by atoms with E-state index in [-0.39, 0.29) is 47.7 Å². The van der Waals surface area contributed by atoms with Gasteiger partial charge in [-0.25, -0.2) is 0 Å². The van der Waals surface area contributed by atoms with Gasteiger partial charge in [-0.1, -0.05) is 19.9 Å². The van der Waals surface area contributed by atoms with Crippen molar-refractivity contribution in [2.45, 2.75) is 89.7 Å². The van der Waals surface area contributed by atoms with Crippen molar-refractivity contribution in [3.63, 3.8) is 0 Å². The number of aliphatic hydroxyl groups excluding tert-OH is 2. The molecule has 7 unspecified atom stereocenters. The Kier molecular flexibility index (Phi) is 6.59. The van der Waals surface area contributed by atoms with Gasteiger partial charge in [-0.05, 0) is 98.1 Å². The van der Waals surface area contributed by atoms with E-state index in [9.17, 15) is 24.9 Å². The van der Waals surface area contributed by atoms with E-state index in [1.54, 1.807) is 30.6 Å². The van der Waals surface area contributed by atoms with Crippen LogP contribution in [-0.4, -0.2) is 60.7 Å². The van der Waals surface area contributed by atoms with Crippen molar-refractivity contribution in [1.82, 2.24) is 9.88 Å². The molecule has 40 heavy (non-hydrogen) atoms. The standard InChI is InChI=1S/C32H40N2O6/c1-19(34(18-20-6-4-12-33-17-20)29(38)28-7-5-13-40-28)21-9-11-32(39)23-14-25(35)24-15-26(36)27(37)16-30(24,2)22(23)8-10-31(21,32)3/h4-7,12-14,17,19,21-22,24,26-27,36-37,39H,8-11,15-16,18H2,1-3H3/t19?,21?,22?,24?,26-,27?,30?,31?,32-/m1/s1. The molecule has 3 saturated carbocycles. The number of carbonyl (C=O) groups is 2. The van der Waals surface area contributed by atoms with Gasteiger partial charge in [0.1, 0.15) is 0 Å². The minimum atomic E-state index is -1.19. The molecule has 0 spiro atoms. The molecule has 6 rings (SSSR count). The molecule has 3 N–H and O–H groups in total. The van der Waals surface area contributed by atoms with Gasteiger partial charge in [0.15, 0.2) is 11.5 Å². The van der Waals surface area contributed by atoms with Gasteiger partial charge in [0.25, 0.3) is 5.91 Å². The lowest BCUT2D eigenvalue weighted by Gasteiger charge is -2.60. The van der Waals surface area contributed by atoms with Crippen LogP contribution in [0.5, 0.6) is 0 Å². The summed E-state index contributed by atoms with van der Waals surface area (Å²) in [6.45, 7) is 6.60.